The Labute approximate surface area is 117 Å². The second-order valence-electron chi connectivity index (χ2n) is 4.37. The Kier molecular flexibility index (Phi) is 2.90. The highest BCUT2D eigenvalue weighted by atomic mass is 79.9. The average molecular weight is 322 g/mol. The molecule has 19 heavy (non-hydrogen) atoms. The van der Waals surface area contributed by atoms with Crippen molar-refractivity contribution in [1.29, 1.82) is 0 Å². The zero-order valence-corrected chi connectivity index (χ0v) is 11.7. The quantitative estimate of drug-likeness (QED) is 0.562. The van der Waals surface area contributed by atoms with Gasteiger partial charge >= 0.3 is 0 Å². The predicted octanol–water partition coefficient (Wildman–Crippen LogP) is 4.89. The van der Waals surface area contributed by atoms with Gasteiger partial charge in [-0.1, -0.05) is 18.2 Å². The van der Waals surface area contributed by atoms with Crippen molar-refractivity contribution in [2.24, 2.45) is 7.05 Å². The molecule has 1 nitrogen and oxygen atoms in total. The Morgan fingerprint density at radius 2 is 1.79 bits per heavy atom. The molecular formula is C15H10BrF2N. The molecule has 1 heterocycles. The SMILES string of the molecule is Cn1c(-c2ccc(F)c(Br)c2F)cc2ccccc21. The van der Waals surface area contributed by atoms with E-state index in [1.165, 1.54) is 12.1 Å². The third-order valence-electron chi connectivity index (χ3n) is 3.26. The van der Waals surface area contributed by atoms with Crippen LogP contribution in [0.3, 0.4) is 0 Å². The zero-order chi connectivity index (χ0) is 13.6. The lowest BCUT2D eigenvalue weighted by molar-refractivity contribution is 0.573. The molecule has 0 fully saturated rings. The van der Waals surface area contributed by atoms with Gasteiger partial charge in [0.2, 0.25) is 0 Å². The molecule has 0 atom stereocenters. The maximum atomic E-state index is 14.2. The van der Waals surface area contributed by atoms with Crippen LogP contribution in [0.1, 0.15) is 0 Å². The summed E-state index contributed by atoms with van der Waals surface area (Å²) < 4.78 is 29.2. The van der Waals surface area contributed by atoms with Gasteiger partial charge in [0.1, 0.15) is 11.6 Å². The van der Waals surface area contributed by atoms with E-state index in [0.717, 1.165) is 16.6 Å². The largest absolute Gasteiger partial charge is 0.344 e. The van der Waals surface area contributed by atoms with Crippen molar-refractivity contribution in [3.8, 4) is 11.3 Å². The summed E-state index contributed by atoms with van der Waals surface area (Å²) in [6, 6.07) is 12.4. The normalized spacial score (nSPS) is 11.2. The van der Waals surface area contributed by atoms with Crippen molar-refractivity contribution in [3.63, 3.8) is 0 Å². The van der Waals surface area contributed by atoms with E-state index in [2.05, 4.69) is 15.9 Å². The lowest BCUT2D eigenvalue weighted by atomic mass is 10.1. The van der Waals surface area contributed by atoms with Gasteiger partial charge < -0.3 is 4.57 Å². The third-order valence-corrected chi connectivity index (χ3v) is 3.99. The maximum Gasteiger partial charge on any atom is 0.149 e. The van der Waals surface area contributed by atoms with E-state index in [9.17, 15) is 8.78 Å². The number of aromatic nitrogens is 1. The highest BCUT2D eigenvalue weighted by molar-refractivity contribution is 9.10. The summed E-state index contributed by atoms with van der Waals surface area (Å²) in [5.41, 5.74) is 2.11. The number of nitrogens with zero attached hydrogens (tertiary/aromatic N) is 1. The van der Waals surface area contributed by atoms with Gasteiger partial charge in [-0.2, -0.15) is 0 Å². The summed E-state index contributed by atoms with van der Waals surface area (Å²) in [4.78, 5) is 0. The molecule has 3 aromatic rings. The predicted molar refractivity (Wildman–Crippen MR) is 76.0 cm³/mol. The topological polar surface area (TPSA) is 4.93 Å². The first-order valence-corrected chi connectivity index (χ1v) is 6.57. The molecule has 0 saturated carbocycles. The van der Waals surface area contributed by atoms with Crippen molar-refractivity contribution < 1.29 is 8.78 Å². The molecule has 1 aromatic heterocycles. The van der Waals surface area contributed by atoms with E-state index in [-0.39, 0.29) is 4.47 Å². The molecule has 0 saturated heterocycles. The molecule has 0 bridgehead atoms. The van der Waals surface area contributed by atoms with Crippen molar-refractivity contribution in [1.82, 2.24) is 4.57 Å². The van der Waals surface area contributed by atoms with E-state index in [1.54, 1.807) is 0 Å². The van der Waals surface area contributed by atoms with Crippen LogP contribution in [0, 0.1) is 11.6 Å². The van der Waals surface area contributed by atoms with Gasteiger partial charge in [-0.25, -0.2) is 8.78 Å². The number of fused-ring (bicyclic) bond motifs is 1. The molecule has 0 unspecified atom stereocenters. The molecule has 96 valence electrons. The molecule has 0 spiro atoms. The standard InChI is InChI=1S/C15H10BrF2N/c1-19-12-5-3-2-4-9(12)8-13(19)10-6-7-11(17)14(16)15(10)18/h2-8H,1H3. The number of rotatable bonds is 1. The molecule has 0 aliphatic rings. The minimum Gasteiger partial charge on any atom is -0.344 e. The molecule has 0 radical (unpaired) electrons. The number of halogens is 3. The first kappa shape index (κ1) is 12.4. The molecule has 3 rings (SSSR count). The Morgan fingerprint density at radius 1 is 1.05 bits per heavy atom. The lowest BCUT2D eigenvalue weighted by Crippen LogP contribution is -1.95. The van der Waals surface area contributed by atoms with Gasteiger partial charge in [-0.3, -0.25) is 0 Å². The molecular weight excluding hydrogens is 312 g/mol. The lowest BCUT2D eigenvalue weighted by Gasteiger charge is -2.07. The van der Waals surface area contributed by atoms with Gasteiger partial charge in [0.15, 0.2) is 0 Å². The van der Waals surface area contributed by atoms with E-state index in [1.807, 2.05) is 41.9 Å². The molecule has 0 amide bonds. The minimum absolute atomic E-state index is 0.129. The van der Waals surface area contributed by atoms with Crippen LogP contribution >= 0.6 is 15.9 Å². The van der Waals surface area contributed by atoms with Crippen molar-refractivity contribution in [2.45, 2.75) is 0 Å². The van der Waals surface area contributed by atoms with Gasteiger partial charge in [-0.15, -0.1) is 0 Å². The Balaban J connectivity index is 2.31. The monoisotopic (exact) mass is 321 g/mol. The Bertz CT molecular complexity index is 777. The van der Waals surface area contributed by atoms with Crippen molar-refractivity contribution in [2.75, 3.05) is 0 Å². The van der Waals surface area contributed by atoms with Gasteiger partial charge in [-0.05, 0) is 40.2 Å². The molecule has 0 aliphatic heterocycles. The summed E-state index contributed by atoms with van der Waals surface area (Å²) >= 11 is 2.94. The summed E-state index contributed by atoms with van der Waals surface area (Å²) in [7, 11) is 1.87. The number of para-hydroxylation sites is 1. The summed E-state index contributed by atoms with van der Waals surface area (Å²) in [6.45, 7) is 0. The number of hydrogen-bond donors (Lipinski definition) is 0. The summed E-state index contributed by atoms with van der Waals surface area (Å²) in [6.07, 6.45) is 0. The van der Waals surface area contributed by atoms with E-state index >= 15 is 0 Å². The van der Waals surface area contributed by atoms with Crippen LogP contribution < -0.4 is 0 Å². The molecule has 0 N–H and O–H groups in total. The fraction of sp³-hybridized carbons (Fsp3) is 0.0667. The number of aryl methyl sites for hydroxylation is 1. The van der Waals surface area contributed by atoms with Crippen LogP contribution in [-0.2, 0) is 7.05 Å². The Morgan fingerprint density at radius 3 is 2.53 bits per heavy atom. The van der Waals surface area contributed by atoms with Crippen LogP contribution in [-0.4, -0.2) is 4.57 Å². The second kappa shape index (κ2) is 4.46. The highest BCUT2D eigenvalue weighted by Crippen LogP contribution is 2.32. The van der Waals surface area contributed by atoms with E-state index < -0.39 is 11.6 Å². The second-order valence-corrected chi connectivity index (χ2v) is 5.16. The fourth-order valence-corrected chi connectivity index (χ4v) is 2.62. The summed E-state index contributed by atoms with van der Waals surface area (Å²) in [5.74, 6) is -1.18. The summed E-state index contributed by atoms with van der Waals surface area (Å²) in [5, 5.41) is 1.03. The first-order valence-electron chi connectivity index (χ1n) is 5.78. The van der Waals surface area contributed by atoms with E-state index in [0.29, 0.717) is 5.56 Å². The molecule has 0 aliphatic carbocycles. The van der Waals surface area contributed by atoms with Crippen LogP contribution in [0.15, 0.2) is 46.9 Å². The van der Waals surface area contributed by atoms with Crippen molar-refractivity contribution >= 4 is 26.8 Å². The van der Waals surface area contributed by atoms with Crippen LogP contribution in [0.2, 0.25) is 0 Å². The number of benzene rings is 2. The maximum absolute atomic E-state index is 14.2. The van der Waals surface area contributed by atoms with Crippen LogP contribution in [0.4, 0.5) is 8.78 Å². The zero-order valence-electron chi connectivity index (χ0n) is 10.1. The van der Waals surface area contributed by atoms with Gasteiger partial charge in [0.25, 0.3) is 0 Å². The highest BCUT2D eigenvalue weighted by Gasteiger charge is 2.16. The smallest absolute Gasteiger partial charge is 0.149 e. The third kappa shape index (κ3) is 1.87. The minimum atomic E-state index is -0.597. The van der Waals surface area contributed by atoms with Crippen LogP contribution in [0.5, 0.6) is 0 Å². The Hall–Kier alpha value is -1.68. The number of hydrogen-bond acceptors (Lipinski definition) is 0. The van der Waals surface area contributed by atoms with E-state index in [4.69, 9.17) is 0 Å². The average Bonchev–Trinajstić information content (AvgIpc) is 2.74. The molecule has 4 heteroatoms. The van der Waals surface area contributed by atoms with Crippen LogP contribution in [0.25, 0.3) is 22.2 Å². The van der Waals surface area contributed by atoms with Gasteiger partial charge in [0, 0.05) is 23.5 Å². The first-order chi connectivity index (χ1) is 9.09. The van der Waals surface area contributed by atoms with Gasteiger partial charge in [0.05, 0.1) is 10.2 Å². The molecule has 2 aromatic carbocycles. The fourth-order valence-electron chi connectivity index (χ4n) is 2.27. The van der Waals surface area contributed by atoms with Crippen molar-refractivity contribution in [3.05, 3.63) is 58.6 Å².